The Morgan fingerprint density at radius 2 is 2.14 bits per heavy atom. The SMILES string of the molecule is C[C@H]1OCCN[C@@H]1C(=O)N1CCC(C)(c2ccccc2)C1. The first-order chi connectivity index (χ1) is 10.1. The Balaban J connectivity index is 1.70. The summed E-state index contributed by atoms with van der Waals surface area (Å²) < 4.78 is 5.60. The summed E-state index contributed by atoms with van der Waals surface area (Å²) in [7, 11) is 0. The Morgan fingerprint density at radius 1 is 1.38 bits per heavy atom. The molecule has 3 rings (SSSR count). The molecule has 0 saturated carbocycles. The van der Waals surface area contributed by atoms with Gasteiger partial charge in [-0.25, -0.2) is 0 Å². The molecule has 2 saturated heterocycles. The standard InChI is InChI=1S/C17H24N2O2/c1-13-15(18-9-11-21-13)16(20)19-10-8-17(2,12-19)14-6-4-3-5-7-14/h3-7,13,15,18H,8-12H2,1-2H3/t13-,15+,17?/m1/s1. The van der Waals surface area contributed by atoms with Gasteiger partial charge < -0.3 is 15.0 Å². The van der Waals surface area contributed by atoms with Crippen LogP contribution in [0.1, 0.15) is 25.8 Å². The van der Waals surface area contributed by atoms with Crippen molar-refractivity contribution < 1.29 is 9.53 Å². The monoisotopic (exact) mass is 288 g/mol. The minimum atomic E-state index is -0.197. The maximum Gasteiger partial charge on any atom is 0.242 e. The van der Waals surface area contributed by atoms with Gasteiger partial charge >= 0.3 is 0 Å². The van der Waals surface area contributed by atoms with E-state index in [4.69, 9.17) is 4.74 Å². The van der Waals surface area contributed by atoms with Crippen LogP contribution in [0.4, 0.5) is 0 Å². The Bertz CT molecular complexity index is 505. The highest BCUT2D eigenvalue weighted by Crippen LogP contribution is 2.34. The van der Waals surface area contributed by atoms with Gasteiger partial charge in [0.1, 0.15) is 6.04 Å². The molecule has 2 fully saturated rings. The molecule has 1 amide bonds. The van der Waals surface area contributed by atoms with Gasteiger partial charge in [0.2, 0.25) is 5.91 Å². The number of benzene rings is 1. The van der Waals surface area contributed by atoms with Crippen molar-refractivity contribution >= 4 is 5.91 Å². The summed E-state index contributed by atoms with van der Waals surface area (Å²) in [5.74, 6) is 0.182. The summed E-state index contributed by atoms with van der Waals surface area (Å²) in [6, 6.07) is 10.3. The predicted molar refractivity (Wildman–Crippen MR) is 82.2 cm³/mol. The van der Waals surface area contributed by atoms with Gasteiger partial charge in [-0.3, -0.25) is 4.79 Å². The zero-order valence-corrected chi connectivity index (χ0v) is 12.8. The van der Waals surface area contributed by atoms with Crippen molar-refractivity contribution in [3.05, 3.63) is 35.9 Å². The van der Waals surface area contributed by atoms with E-state index in [1.807, 2.05) is 17.9 Å². The third kappa shape index (κ3) is 2.83. The van der Waals surface area contributed by atoms with E-state index in [2.05, 4.69) is 36.5 Å². The van der Waals surface area contributed by atoms with Crippen LogP contribution >= 0.6 is 0 Å². The minimum absolute atomic E-state index is 0.0465. The lowest BCUT2D eigenvalue weighted by Gasteiger charge is -2.33. The zero-order chi connectivity index (χ0) is 14.9. The number of ether oxygens (including phenoxy) is 1. The molecule has 1 aromatic rings. The van der Waals surface area contributed by atoms with Gasteiger partial charge in [-0.15, -0.1) is 0 Å². The van der Waals surface area contributed by atoms with E-state index in [0.29, 0.717) is 6.61 Å². The number of hydrogen-bond acceptors (Lipinski definition) is 3. The number of amides is 1. The van der Waals surface area contributed by atoms with Gasteiger partial charge in [0.25, 0.3) is 0 Å². The summed E-state index contributed by atoms with van der Waals surface area (Å²) in [5, 5.41) is 3.30. The van der Waals surface area contributed by atoms with Crippen molar-refractivity contribution in [3.63, 3.8) is 0 Å². The average Bonchev–Trinajstić information content (AvgIpc) is 2.92. The predicted octanol–water partition coefficient (Wildman–Crippen LogP) is 1.55. The van der Waals surface area contributed by atoms with Gasteiger partial charge in [-0.2, -0.15) is 0 Å². The second-order valence-electron chi connectivity index (χ2n) is 6.44. The molecular weight excluding hydrogens is 264 g/mol. The summed E-state index contributed by atoms with van der Waals surface area (Å²) in [4.78, 5) is 14.7. The van der Waals surface area contributed by atoms with E-state index < -0.39 is 0 Å². The molecule has 0 aliphatic carbocycles. The van der Waals surface area contributed by atoms with Gasteiger partial charge in [0.05, 0.1) is 12.7 Å². The fourth-order valence-electron chi connectivity index (χ4n) is 3.43. The quantitative estimate of drug-likeness (QED) is 0.898. The van der Waals surface area contributed by atoms with Crippen LogP contribution in [0.5, 0.6) is 0 Å². The number of likely N-dealkylation sites (tertiary alicyclic amines) is 1. The molecule has 0 aromatic heterocycles. The summed E-state index contributed by atoms with van der Waals surface area (Å²) in [5.41, 5.74) is 1.39. The average molecular weight is 288 g/mol. The van der Waals surface area contributed by atoms with Crippen molar-refractivity contribution in [2.75, 3.05) is 26.2 Å². The molecule has 21 heavy (non-hydrogen) atoms. The van der Waals surface area contributed by atoms with Crippen molar-refractivity contribution in [2.45, 2.75) is 37.8 Å². The minimum Gasteiger partial charge on any atom is -0.375 e. The molecule has 3 atom stereocenters. The van der Waals surface area contributed by atoms with Crippen LogP contribution < -0.4 is 5.32 Å². The van der Waals surface area contributed by atoms with Crippen molar-refractivity contribution in [1.29, 1.82) is 0 Å². The van der Waals surface area contributed by atoms with Crippen LogP contribution in [0.2, 0.25) is 0 Å². The van der Waals surface area contributed by atoms with Crippen LogP contribution in [0.3, 0.4) is 0 Å². The molecule has 0 spiro atoms. The Kier molecular flexibility index (Phi) is 4.00. The largest absolute Gasteiger partial charge is 0.375 e. The van der Waals surface area contributed by atoms with E-state index >= 15 is 0 Å². The molecule has 0 bridgehead atoms. The number of carbonyl (C=O) groups is 1. The first-order valence-electron chi connectivity index (χ1n) is 7.79. The number of nitrogens with zero attached hydrogens (tertiary/aromatic N) is 1. The summed E-state index contributed by atoms with van der Waals surface area (Å²) in [6.07, 6.45) is 0.972. The lowest BCUT2D eigenvalue weighted by Crippen LogP contribution is -2.56. The number of rotatable bonds is 2. The molecule has 0 radical (unpaired) electrons. The van der Waals surface area contributed by atoms with E-state index in [-0.39, 0.29) is 23.5 Å². The number of hydrogen-bond donors (Lipinski definition) is 1. The molecule has 2 aliphatic heterocycles. The fourth-order valence-corrected chi connectivity index (χ4v) is 3.43. The Hall–Kier alpha value is -1.39. The molecule has 2 heterocycles. The van der Waals surface area contributed by atoms with Crippen molar-refractivity contribution in [1.82, 2.24) is 10.2 Å². The maximum absolute atomic E-state index is 12.7. The number of carbonyl (C=O) groups excluding carboxylic acids is 1. The van der Waals surface area contributed by atoms with Gasteiger partial charge in [-0.1, -0.05) is 37.3 Å². The smallest absolute Gasteiger partial charge is 0.242 e. The third-order valence-corrected chi connectivity index (χ3v) is 4.84. The first-order valence-corrected chi connectivity index (χ1v) is 7.79. The summed E-state index contributed by atoms with van der Waals surface area (Å²) in [6.45, 7) is 7.29. The van der Waals surface area contributed by atoms with Gasteiger partial charge in [-0.05, 0) is 18.9 Å². The van der Waals surface area contributed by atoms with E-state index in [1.54, 1.807) is 0 Å². The van der Waals surface area contributed by atoms with Crippen LogP contribution in [-0.2, 0) is 14.9 Å². The van der Waals surface area contributed by atoms with Crippen LogP contribution in [-0.4, -0.2) is 49.2 Å². The van der Waals surface area contributed by atoms with Crippen LogP contribution in [0.15, 0.2) is 30.3 Å². The van der Waals surface area contributed by atoms with Crippen LogP contribution in [0, 0.1) is 0 Å². The maximum atomic E-state index is 12.7. The molecule has 1 N–H and O–H groups in total. The molecule has 4 nitrogen and oxygen atoms in total. The van der Waals surface area contributed by atoms with Gasteiger partial charge in [0, 0.05) is 25.0 Å². The van der Waals surface area contributed by atoms with Crippen molar-refractivity contribution in [2.24, 2.45) is 0 Å². The van der Waals surface area contributed by atoms with Gasteiger partial charge in [0.15, 0.2) is 0 Å². The fraction of sp³-hybridized carbons (Fsp3) is 0.588. The highest BCUT2D eigenvalue weighted by Gasteiger charge is 2.40. The van der Waals surface area contributed by atoms with E-state index in [1.165, 1.54) is 5.56 Å². The van der Waals surface area contributed by atoms with E-state index in [0.717, 1.165) is 26.1 Å². The summed E-state index contributed by atoms with van der Waals surface area (Å²) >= 11 is 0. The topological polar surface area (TPSA) is 41.6 Å². The lowest BCUT2D eigenvalue weighted by molar-refractivity contribution is -0.138. The first kappa shape index (κ1) is 14.5. The molecule has 1 unspecified atom stereocenters. The normalized spacial score (nSPS) is 33.1. The Morgan fingerprint density at radius 3 is 2.86 bits per heavy atom. The molecule has 4 heteroatoms. The molecule has 114 valence electrons. The highest BCUT2D eigenvalue weighted by atomic mass is 16.5. The number of morpholine rings is 1. The molecule has 1 aromatic carbocycles. The lowest BCUT2D eigenvalue weighted by atomic mass is 9.82. The third-order valence-electron chi connectivity index (χ3n) is 4.84. The van der Waals surface area contributed by atoms with Crippen molar-refractivity contribution in [3.8, 4) is 0 Å². The zero-order valence-electron chi connectivity index (χ0n) is 12.8. The van der Waals surface area contributed by atoms with E-state index in [9.17, 15) is 4.79 Å². The second kappa shape index (κ2) is 5.78. The second-order valence-corrected chi connectivity index (χ2v) is 6.44. The Labute approximate surface area is 126 Å². The van der Waals surface area contributed by atoms with Crippen LogP contribution in [0.25, 0.3) is 0 Å². The molecule has 2 aliphatic rings. The highest BCUT2D eigenvalue weighted by molar-refractivity contribution is 5.83. The molecular formula is C17H24N2O2. The number of nitrogens with one attached hydrogen (secondary N) is 1.